The summed E-state index contributed by atoms with van der Waals surface area (Å²) in [6, 6.07) is 6.41. The van der Waals surface area contributed by atoms with Gasteiger partial charge in [0.15, 0.2) is 0 Å². The van der Waals surface area contributed by atoms with Crippen LogP contribution >= 0.6 is 0 Å². The fourth-order valence-electron chi connectivity index (χ4n) is 2.22. The molecule has 1 aromatic rings. The first kappa shape index (κ1) is 14.6. The maximum absolute atomic E-state index is 7.93. The highest BCUT2D eigenvalue weighted by Gasteiger charge is 2.15. The molecule has 0 radical (unpaired) electrons. The minimum absolute atomic E-state index is 0.364. The Morgan fingerprint density at radius 2 is 1.44 bits per heavy atom. The van der Waals surface area contributed by atoms with Crippen molar-refractivity contribution in [2.24, 2.45) is 0 Å². The van der Waals surface area contributed by atoms with Gasteiger partial charge in [0.05, 0.1) is 5.71 Å². The monoisotopic (exact) mass is 244 g/mol. The van der Waals surface area contributed by atoms with Gasteiger partial charge in [-0.05, 0) is 35.4 Å². The van der Waals surface area contributed by atoms with Crippen LogP contribution in [0, 0.1) is 10.8 Å². The van der Waals surface area contributed by atoms with E-state index >= 15 is 0 Å². The SMILES string of the molecule is CC(=N)C(=N)Cc1c(C(C)C)cccc1C(C)C. The second kappa shape index (κ2) is 5.94. The quantitative estimate of drug-likeness (QED) is 0.715. The molecule has 2 N–H and O–H groups in total. The second-order valence-electron chi connectivity index (χ2n) is 5.50. The summed E-state index contributed by atoms with van der Waals surface area (Å²) in [7, 11) is 0. The average molecular weight is 244 g/mol. The van der Waals surface area contributed by atoms with Crippen LogP contribution in [0.1, 0.15) is 63.1 Å². The van der Waals surface area contributed by atoms with Crippen LogP contribution in [0.25, 0.3) is 0 Å². The number of hydrogen-bond acceptors (Lipinski definition) is 2. The van der Waals surface area contributed by atoms with Gasteiger partial charge in [0, 0.05) is 12.1 Å². The first-order valence-electron chi connectivity index (χ1n) is 6.59. The van der Waals surface area contributed by atoms with Crippen molar-refractivity contribution in [1.82, 2.24) is 0 Å². The first-order valence-corrected chi connectivity index (χ1v) is 6.59. The predicted molar refractivity (Wildman–Crippen MR) is 79.5 cm³/mol. The zero-order chi connectivity index (χ0) is 13.9. The Morgan fingerprint density at radius 3 is 1.78 bits per heavy atom. The van der Waals surface area contributed by atoms with Crippen molar-refractivity contribution in [3.63, 3.8) is 0 Å². The summed E-state index contributed by atoms with van der Waals surface area (Å²) in [5, 5.41) is 15.5. The lowest BCUT2D eigenvalue weighted by Gasteiger charge is -2.19. The van der Waals surface area contributed by atoms with Crippen molar-refractivity contribution in [3.05, 3.63) is 34.9 Å². The third-order valence-electron chi connectivity index (χ3n) is 3.30. The normalized spacial score (nSPS) is 11.1. The van der Waals surface area contributed by atoms with Crippen LogP contribution in [0.3, 0.4) is 0 Å². The van der Waals surface area contributed by atoms with Gasteiger partial charge in [0.1, 0.15) is 0 Å². The molecular weight excluding hydrogens is 220 g/mol. The molecule has 2 heteroatoms. The molecule has 0 unspecified atom stereocenters. The maximum Gasteiger partial charge on any atom is 0.0562 e. The lowest BCUT2D eigenvalue weighted by Crippen LogP contribution is -2.15. The Balaban J connectivity index is 3.27. The number of rotatable bonds is 5. The minimum Gasteiger partial charge on any atom is -0.304 e. The van der Waals surface area contributed by atoms with E-state index in [2.05, 4.69) is 45.9 Å². The fraction of sp³-hybridized carbons (Fsp3) is 0.500. The zero-order valence-electron chi connectivity index (χ0n) is 12.1. The highest BCUT2D eigenvalue weighted by atomic mass is 14.5. The summed E-state index contributed by atoms with van der Waals surface area (Å²) in [6.07, 6.45) is 0.581. The molecule has 1 rings (SSSR count). The molecule has 18 heavy (non-hydrogen) atoms. The van der Waals surface area contributed by atoms with Crippen molar-refractivity contribution < 1.29 is 0 Å². The molecule has 1 aromatic carbocycles. The van der Waals surface area contributed by atoms with Gasteiger partial charge in [-0.2, -0.15) is 0 Å². The third-order valence-corrected chi connectivity index (χ3v) is 3.30. The summed E-state index contributed by atoms with van der Waals surface area (Å²) < 4.78 is 0. The Bertz CT molecular complexity index is 430. The van der Waals surface area contributed by atoms with Gasteiger partial charge in [0.25, 0.3) is 0 Å². The number of hydrogen-bond donors (Lipinski definition) is 2. The highest BCUT2D eigenvalue weighted by Crippen LogP contribution is 2.28. The molecule has 0 amide bonds. The molecule has 0 atom stereocenters. The number of benzene rings is 1. The molecule has 0 spiro atoms. The maximum atomic E-state index is 7.93. The van der Waals surface area contributed by atoms with E-state index in [1.54, 1.807) is 6.92 Å². The largest absolute Gasteiger partial charge is 0.304 e. The van der Waals surface area contributed by atoms with Gasteiger partial charge in [-0.15, -0.1) is 0 Å². The molecule has 2 nitrogen and oxygen atoms in total. The van der Waals surface area contributed by atoms with Crippen LogP contribution in [0.5, 0.6) is 0 Å². The Kier molecular flexibility index (Phi) is 4.83. The van der Waals surface area contributed by atoms with Gasteiger partial charge in [-0.3, -0.25) is 0 Å². The topological polar surface area (TPSA) is 47.7 Å². The van der Waals surface area contributed by atoms with Crippen molar-refractivity contribution in [1.29, 1.82) is 10.8 Å². The van der Waals surface area contributed by atoms with Crippen LogP contribution in [0.2, 0.25) is 0 Å². The van der Waals surface area contributed by atoms with E-state index in [0.717, 1.165) is 0 Å². The predicted octanol–water partition coefficient (Wildman–Crippen LogP) is 4.54. The summed E-state index contributed by atoms with van der Waals surface area (Å²) in [5.41, 5.74) is 4.66. The molecular formula is C16H24N2. The molecule has 0 saturated heterocycles. The molecule has 98 valence electrons. The molecule has 0 heterocycles. The van der Waals surface area contributed by atoms with Crippen molar-refractivity contribution in [2.45, 2.75) is 52.9 Å². The van der Waals surface area contributed by atoms with E-state index in [0.29, 0.717) is 29.7 Å². The molecule has 0 bridgehead atoms. The summed E-state index contributed by atoms with van der Waals surface area (Å²) in [4.78, 5) is 0. The summed E-state index contributed by atoms with van der Waals surface area (Å²) in [6.45, 7) is 10.4. The van der Waals surface area contributed by atoms with E-state index in [4.69, 9.17) is 10.8 Å². The third kappa shape index (κ3) is 3.28. The van der Waals surface area contributed by atoms with Gasteiger partial charge >= 0.3 is 0 Å². The average Bonchev–Trinajstić information content (AvgIpc) is 2.28. The van der Waals surface area contributed by atoms with Gasteiger partial charge in [0.2, 0.25) is 0 Å². The van der Waals surface area contributed by atoms with Crippen molar-refractivity contribution >= 4 is 11.4 Å². The van der Waals surface area contributed by atoms with Crippen molar-refractivity contribution in [3.8, 4) is 0 Å². The number of nitrogens with one attached hydrogen (secondary N) is 2. The van der Waals surface area contributed by atoms with E-state index in [-0.39, 0.29) is 0 Å². The molecule has 0 aromatic heterocycles. The lowest BCUT2D eigenvalue weighted by atomic mass is 9.86. The molecule has 0 saturated carbocycles. The van der Waals surface area contributed by atoms with Crippen LogP contribution in [-0.2, 0) is 6.42 Å². The zero-order valence-corrected chi connectivity index (χ0v) is 12.1. The smallest absolute Gasteiger partial charge is 0.0562 e. The van der Waals surface area contributed by atoms with E-state index in [1.807, 2.05) is 0 Å². The van der Waals surface area contributed by atoms with Gasteiger partial charge in [-0.1, -0.05) is 45.9 Å². The van der Waals surface area contributed by atoms with Gasteiger partial charge in [-0.25, -0.2) is 0 Å². The lowest BCUT2D eigenvalue weighted by molar-refractivity contribution is 0.811. The van der Waals surface area contributed by atoms with Gasteiger partial charge < -0.3 is 10.8 Å². The standard InChI is InChI=1S/C16H24N2/c1-10(2)13-7-6-8-14(11(3)4)15(13)9-16(18)12(5)17/h6-8,10-11,17-18H,9H2,1-5H3. The summed E-state index contributed by atoms with van der Waals surface area (Å²) in [5.74, 6) is 0.912. The molecule has 0 aliphatic carbocycles. The van der Waals surface area contributed by atoms with E-state index in [9.17, 15) is 0 Å². The van der Waals surface area contributed by atoms with Crippen LogP contribution in [-0.4, -0.2) is 11.4 Å². The fourth-order valence-corrected chi connectivity index (χ4v) is 2.22. The van der Waals surface area contributed by atoms with Crippen LogP contribution in [0.4, 0.5) is 0 Å². The van der Waals surface area contributed by atoms with E-state index < -0.39 is 0 Å². The Morgan fingerprint density at radius 1 is 1.00 bits per heavy atom. The van der Waals surface area contributed by atoms with E-state index in [1.165, 1.54) is 16.7 Å². The highest BCUT2D eigenvalue weighted by molar-refractivity contribution is 6.39. The summed E-state index contributed by atoms with van der Waals surface area (Å²) >= 11 is 0. The Labute approximate surface area is 110 Å². The van der Waals surface area contributed by atoms with Crippen molar-refractivity contribution in [2.75, 3.05) is 0 Å². The minimum atomic E-state index is 0.364. The Hall–Kier alpha value is -1.44. The first-order chi connectivity index (χ1) is 8.34. The molecule has 0 aliphatic heterocycles. The second-order valence-corrected chi connectivity index (χ2v) is 5.50. The van der Waals surface area contributed by atoms with Crippen LogP contribution < -0.4 is 0 Å². The molecule has 0 aliphatic rings. The molecule has 0 fully saturated rings. The van der Waals surface area contributed by atoms with Crippen LogP contribution in [0.15, 0.2) is 18.2 Å².